The van der Waals surface area contributed by atoms with E-state index in [1.807, 2.05) is 25.8 Å². The van der Waals surface area contributed by atoms with Gasteiger partial charge in [-0.1, -0.05) is 0 Å². The van der Waals surface area contributed by atoms with E-state index in [0.717, 1.165) is 11.0 Å². The third-order valence-corrected chi connectivity index (χ3v) is 2.64. The van der Waals surface area contributed by atoms with Crippen molar-refractivity contribution >= 4 is 16.7 Å². The quantitative estimate of drug-likeness (QED) is 0.755. The molecule has 1 atom stereocenters. The fraction of sp³-hybridized carbons (Fsp3) is 0.714. The van der Waals surface area contributed by atoms with E-state index < -0.39 is 0 Å². The summed E-state index contributed by atoms with van der Waals surface area (Å²) in [6.45, 7) is 3.93. The van der Waals surface area contributed by atoms with Gasteiger partial charge in [0.05, 0.1) is 12.6 Å². The summed E-state index contributed by atoms with van der Waals surface area (Å²) >= 11 is 1.36. The number of hydrogen-bond acceptors (Lipinski definition) is 5. The maximum absolute atomic E-state index is 8.89. The highest BCUT2D eigenvalue weighted by molar-refractivity contribution is 7.09. The van der Waals surface area contributed by atoms with Gasteiger partial charge in [-0.25, -0.2) is 4.98 Å². The van der Waals surface area contributed by atoms with Gasteiger partial charge in [0.25, 0.3) is 0 Å². The highest BCUT2D eigenvalue weighted by Gasteiger charge is 2.11. The van der Waals surface area contributed by atoms with E-state index in [-0.39, 0.29) is 12.6 Å². The summed E-state index contributed by atoms with van der Waals surface area (Å²) in [5.74, 6) is 0.784. The molecule has 1 aromatic rings. The van der Waals surface area contributed by atoms with Gasteiger partial charge in [-0.2, -0.15) is 4.37 Å². The number of anilines is 1. The van der Waals surface area contributed by atoms with Gasteiger partial charge in [0.15, 0.2) is 0 Å². The Morgan fingerprint density at radius 2 is 2.33 bits per heavy atom. The van der Waals surface area contributed by atoms with Crippen LogP contribution >= 0.6 is 11.5 Å². The second kappa shape index (κ2) is 3.82. The van der Waals surface area contributed by atoms with E-state index in [9.17, 15) is 0 Å². The van der Waals surface area contributed by atoms with Gasteiger partial charge in [-0.05, 0) is 13.8 Å². The van der Waals surface area contributed by atoms with Gasteiger partial charge in [0.2, 0.25) is 5.13 Å². The molecule has 0 aliphatic carbocycles. The van der Waals surface area contributed by atoms with E-state index in [1.165, 1.54) is 11.5 Å². The molecule has 4 nitrogen and oxygen atoms in total. The lowest BCUT2D eigenvalue weighted by molar-refractivity contribution is 0.270. The molecule has 0 saturated carbocycles. The molecule has 0 spiro atoms. The van der Waals surface area contributed by atoms with E-state index in [0.29, 0.717) is 0 Å². The lowest BCUT2D eigenvalue weighted by atomic mass is 10.3. The number of likely N-dealkylation sites (N-methyl/N-ethyl adjacent to an activating group) is 1. The number of aromatic nitrogens is 2. The summed E-state index contributed by atoms with van der Waals surface area (Å²) in [6, 6.07) is 0.0948. The zero-order valence-corrected chi connectivity index (χ0v) is 8.30. The van der Waals surface area contributed by atoms with Crippen LogP contribution in [-0.4, -0.2) is 34.2 Å². The summed E-state index contributed by atoms with van der Waals surface area (Å²) in [5.41, 5.74) is 0. The van der Waals surface area contributed by atoms with Crippen LogP contribution in [0, 0.1) is 6.92 Å². The standard InChI is InChI=1S/C7H13N3OS/c1-5(4-11)10(3)7-8-6(2)9-12-7/h5,11H,4H2,1-3H3/t5-/m0/s1. The molecule has 0 unspecified atom stereocenters. The molecule has 1 heterocycles. The van der Waals surface area contributed by atoms with Gasteiger partial charge >= 0.3 is 0 Å². The average Bonchev–Trinajstić information content (AvgIpc) is 2.49. The van der Waals surface area contributed by atoms with Crippen molar-refractivity contribution in [3.63, 3.8) is 0 Å². The van der Waals surface area contributed by atoms with Crippen LogP contribution < -0.4 is 4.90 Å². The molecule has 0 saturated heterocycles. The summed E-state index contributed by atoms with van der Waals surface area (Å²) in [6.07, 6.45) is 0. The molecular weight excluding hydrogens is 174 g/mol. The molecule has 0 amide bonds. The molecule has 1 aromatic heterocycles. The van der Waals surface area contributed by atoms with Crippen LogP contribution in [0.4, 0.5) is 5.13 Å². The Morgan fingerprint density at radius 3 is 2.75 bits per heavy atom. The fourth-order valence-corrected chi connectivity index (χ4v) is 1.48. The first-order valence-corrected chi connectivity index (χ1v) is 4.56. The van der Waals surface area contributed by atoms with Crippen LogP contribution in [0.2, 0.25) is 0 Å². The zero-order chi connectivity index (χ0) is 9.14. The van der Waals surface area contributed by atoms with E-state index in [2.05, 4.69) is 9.36 Å². The second-order valence-corrected chi connectivity index (χ2v) is 3.50. The molecule has 0 aliphatic heterocycles. The first-order chi connectivity index (χ1) is 5.65. The first kappa shape index (κ1) is 9.41. The van der Waals surface area contributed by atoms with Gasteiger partial charge < -0.3 is 10.0 Å². The number of rotatable bonds is 3. The molecule has 0 radical (unpaired) electrons. The topological polar surface area (TPSA) is 49.2 Å². The predicted octanol–water partition coefficient (Wildman–Crippen LogP) is 0.664. The van der Waals surface area contributed by atoms with E-state index >= 15 is 0 Å². The van der Waals surface area contributed by atoms with Crippen LogP contribution in [0.5, 0.6) is 0 Å². The van der Waals surface area contributed by atoms with Crippen molar-refractivity contribution in [1.82, 2.24) is 9.36 Å². The van der Waals surface area contributed by atoms with Crippen LogP contribution in [0.3, 0.4) is 0 Å². The number of aliphatic hydroxyl groups excluding tert-OH is 1. The van der Waals surface area contributed by atoms with Crippen LogP contribution in [0.15, 0.2) is 0 Å². The van der Waals surface area contributed by atoms with Gasteiger partial charge in [0, 0.05) is 18.6 Å². The van der Waals surface area contributed by atoms with Crippen molar-refractivity contribution in [2.45, 2.75) is 19.9 Å². The molecule has 0 fully saturated rings. The minimum atomic E-state index is 0.0948. The Bertz CT molecular complexity index is 251. The smallest absolute Gasteiger partial charge is 0.205 e. The lowest BCUT2D eigenvalue weighted by Gasteiger charge is -2.21. The van der Waals surface area contributed by atoms with Crippen molar-refractivity contribution in [2.24, 2.45) is 0 Å². The SMILES string of the molecule is Cc1nsc(N(C)[C@@H](C)CO)n1. The first-order valence-electron chi connectivity index (χ1n) is 3.79. The van der Waals surface area contributed by atoms with Crippen molar-refractivity contribution in [3.8, 4) is 0 Å². The molecule has 1 N–H and O–H groups in total. The van der Waals surface area contributed by atoms with Crippen LogP contribution in [0.25, 0.3) is 0 Å². The average molecular weight is 187 g/mol. The Kier molecular flexibility index (Phi) is 2.99. The van der Waals surface area contributed by atoms with E-state index in [4.69, 9.17) is 5.11 Å². The molecule has 0 aromatic carbocycles. The van der Waals surface area contributed by atoms with Crippen LogP contribution in [-0.2, 0) is 0 Å². The fourth-order valence-electron chi connectivity index (χ4n) is 0.740. The maximum atomic E-state index is 8.89. The monoisotopic (exact) mass is 187 g/mol. The Morgan fingerprint density at radius 1 is 1.67 bits per heavy atom. The molecule has 0 bridgehead atoms. The zero-order valence-electron chi connectivity index (χ0n) is 7.48. The van der Waals surface area contributed by atoms with Gasteiger partial charge in [0.1, 0.15) is 5.82 Å². The van der Waals surface area contributed by atoms with Crippen molar-refractivity contribution in [3.05, 3.63) is 5.82 Å². The number of aryl methyl sites for hydroxylation is 1. The van der Waals surface area contributed by atoms with Crippen molar-refractivity contribution in [2.75, 3.05) is 18.6 Å². The summed E-state index contributed by atoms with van der Waals surface area (Å²) < 4.78 is 4.06. The highest BCUT2D eigenvalue weighted by atomic mass is 32.1. The Balaban J connectivity index is 2.70. The normalized spacial score (nSPS) is 13.0. The second-order valence-electron chi connectivity index (χ2n) is 2.77. The molecule has 0 aliphatic rings. The number of nitrogens with zero attached hydrogens (tertiary/aromatic N) is 3. The maximum Gasteiger partial charge on any atom is 0.205 e. The Labute approximate surface area is 76.0 Å². The Hall–Kier alpha value is -0.680. The predicted molar refractivity (Wildman–Crippen MR) is 49.6 cm³/mol. The van der Waals surface area contributed by atoms with Gasteiger partial charge in [-0.15, -0.1) is 0 Å². The third-order valence-electron chi connectivity index (χ3n) is 1.74. The summed E-state index contributed by atoms with van der Waals surface area (Å²) in [7, 11) is 1.90. The summed E-state index contributed by atoms with van der Waals surface area (Å²) in [4.78, 5) is 6.12. The summed E-state index contributed by atoms with van der Waals surface area (Å²) in [5, 5.41) is 9.74. The number of aliphatic hydroxyl groups is 1. The molecule has 1 rings (SSSR count). The molecule has 12 heavy (non-hydrogen) atoms. The highest BCUT2D eigenvalue weighted by Crippen LogP contribution is 2.16. The van der Waals surface area contributed by atoms with E-state index in [1.54, 1.807) is 0 Å². The minimum Gasteiger partial charge on any atom is -0.394 e. The minimum absolute atomic E-state index is 0.0948. The van der Waals surface area contributed by atoms with Crippen molar-refractivity contribution < 1.29 is 5.11 Å². The molecular formula is C7H13N3OS. The third kappa shape index (κ3) is 1.92. The molecule has 5 heteroatoms. The number of hydrogen-bond donors (Lipinski definition) is 1. The largest absolute Gasteiger partial charge is 0.394 e. The lowest BCUT2D eigenvalue weighted by Crippen LogP contribution is -2.31. The van der Waals surface area contributed by atoms with Gasteiger partial charge in [-0.3, -0.25) is 0 Å². The molecule has 68 valence electrons. The van der Waals surface area contributed by atoms with Crippen LogP contribution in [0.1, 0.15) is 12.7 Å². The van der Waals surface area contributed by atoms with Crippen molar-refractivity contribution in [1.29, 1.82) is 0 Å².